The molecular formula is C9H22N2O4S. The monoisotopic (exact) mass is 254 g/mol. The minimum Gasteiger partial charge on any atom is -0.395 e. The highest BCUT2D eigenvalue weighted by Crippen LogP contribution is 2.07. The Hall–Kier alpha value is -0.210. The van der Waals surface area contributed by atoms with E-state index in [9.17, 15) is 8.42 Å². The second-order valence-corrected chi connectivity index (χ2v) is 5.56. The SMILES string of the molecule is CCCCN(C)S(=O)(=O)N(CCO)CCO. The van der Waals surface area contributed by atoms with Gasteiger partial charge in [-0.1, -0.05) is 13.3 Å². The molecule has 0 rings (SSSR count). The minimum absolute atomic E-state index is 0.0133. The quantitative estimate of drug-likeness (QED) is 0.567. The van der Waals surface area contributed by atoms with E-state index >= 15 is 0 Å². The van der Waals surface area contributed by atoms with Gasteiger partial charge in [0.05, 0.1) is 13.2 Å². The summed E-state index contributed by atoms with van der Waals surface area (Å²) in [6.07, 6.45) is 1.71. The first-order valence-corrected chi connectivity index (χ1v) is 6.83. The molecule has 16 heavy (non-hydrogen) atoms. The summed E-state index contributed by atoms with van der Waals surface area (Å²) in [6, 6.07) is 0. The number of hydrogen-bond donors (Lipinski definition) is 2. The summed E-state index contributed by atoms with van der Waals surface area (Å²) in [5, 5.41) is 17.6. The van der Waals surface area contributed by atoms with Crippen LogP contribution in [-0.4, -0.2) is 67.1 Å². The Balaban J connectivity index is 4.56. The van der Waals surface area contributed by atoms with Crippen molar-refractivity contribution in [1.29, 1.82) is 0 Å². The van der Waals surface area contributed by atoms with Crippen LogP contribution < -0.4 is 0 Å². The van der Waals surface area contributed by atoms with Gasteiger partial charge in [-0.05, 0) is 6.42 Å². The summed E-state index contributed by atoms with van der Waals surface area (Å²) < 4.78 is 26.2. The van der Waals surface area contributed by atoms with Gasteiger partial charge in [-0.3, -0.25) is 0 Å². The van der Waals surface area contributed by atoms with Gasteiger partial charge in [-0.15, -0.1) is 0 Å². The summed E-state index contributed by atoms with van der Waals surface area (Å²) in [5.74, 6) is 0. The van der Waals surface area contributed by atoms with Crippen LogP contribution in [0.25, 0.3) is 0 Å². The number of aliphatic hydroxyl groups excluding tert-OH is 2. The van der Waals surface area contributed by atoms with Crippen molar-refractivity contribution in [2.75, 3.05) is 39.9 Å². The van der Waals surface area contributed by atoms with Crippen molar-refractivity contribution in [3.05, 3.63) is 0 Å². The largest absolute Gasteiger partial charge is 0.395 e. The van der Waals surface area contributed by atoms with Gasteiger partial charge in [0.2, 0.25) is 0 Å². The van der Waals surface area contributed by atoms with Crippen molar-refractivity contribution < 1.29 is 18.6 Å². The van der Waals surface area contributed by atoms with Crippen LogP contribution >= 0.6 is 0 Å². The lowest BCUT2D eigenvalue weighted by Gasteiger charge is -2.26. The standard InChI is InChI=1S/C9H22N2O4S/c1-3-4-5-10(2)16(14,15)11(6-8-12)7-9-13/h12-13H,3-9H2,1-2H3. The van der Waals surface area contributed by atoms with Crippen molar-refractivity contribution in [3.63, 3.8) is 0 Å². The highest BCUT2D eigenvalue weighted by Gasteiger charge is 2.25. The van der Waals surface area contributed by atoms with Gasteiger partial charge in [-0.2, -0.15) is 17.0 Å². The fourth-order valence-electron chi connectivity index (χ4n) is 1.26. The molecule has 0 atom stereocenters. The van der Waals surface area contributed by atoms with Crippen LogP contribution in [0.3, 0.4) is 0 Å². The first-order chi connectivity index (χ1) is 7.50. The van der Waals surface area contributed by atoms with Crippen LogP contribution in [0, 0.1) is 0 Å². The average Bonchev–Trinajstić information content (AvgIpc) is 2.25. The molecule has 0 heterocycles. The molecule has 6 nitrogen and oxygen atoms in total. The lowest BCUT2D eigenvalue weighted by atomic mass is 10.3. The lowest BCUT2D eigenvalue weighted by molar-refractivity contribution is 0.211. The zero-order chi connectivity index (χ0) is 12.6. The molecule has 0 bridgehead atoms. The molecule has 0 unspecified atom stereocenters. The molecule has 0 amide bonds. The summed E-state index contributed by atoms with van der Waals surface area (Å²) in [7, 11) is -2.04. The van der Waals surface area contributed by atoms with E-state index in [-0.39, 0.29) is 26.3 Å². The fraction of sp³-hybridized carbons (Fsp3) is 1.00. The Bertz CT molecular complexity index is 263. The molecule has 0 saturated heterocycles. The van der Waals surface area contributed by atoms with Gasteiger partial charge >= 0.3 is 0 Å². The maximum atomic E-state index is 11.9. The molecule has 0 aliphatic rings. The first-order valence-electron chi connectivity index (χ1n) is 5.43. The maximum absolute atomic E-state index is 11.9. The van der Waals surface area contributed by atoms with Crippen molar-refractivity contribution in [2.24, 2.45) is 0 Å². The van der Waals surface area contributed by atoms with E-state index in [2.05, 4.69) is 0 Å². The summed E-state index contributed by atoms with van der Waals surface area (Å²) in [4.78, 5) is 0. The zero-order valence-electron chi connectivity index (χ0n) is 9.96. The highest BCUT2D eigenvalue weighted by atomic mass is 32.2. The predicted molar refractivity (Wildman–Crippen MR) is 62.2 cm³/mol. The Morgan fingerprint density at radius 3 is 1.94 bits per heavy atom. The molecule has 0 radical (unpaired) electrons. The molecule has 0 aliphatic heterocycles. The molecule has 0 aromatic rings. The second-order valence-electron chi connectivity index (χ2n) is 3.53. The predicted octanol–water partition coefficient (Wildman–Crippen LogP) is -0.750. The normalized spacial score (nSPS) is 12.6. The van der Waals surface area contributed by atoms with Crippen molar-refractivity contribution in [3.8, 4) is 0 Å². The van der Waals surface area contributed by atoms with Gasteiger partial charge < -0.3 is 10.2 Å². The van der Waals surface area contributed by atoms with Crippen LogP contribution in [0.5, 0.6) is 0 Å². The Morgan fingerprint density at radius 2 is 1.56 bits per heavy atom. The summed E-state index contributed by atoms with van der Waals surface area (Å²) >= 11 is 0. The number of aliphatic hydroxyl groups is 2. The zero-order valence-corrected chi connectivity index (χ0v) is 10.8. The molecule has 7 heteroatoms. The van der Waals surface area contributed by atoms with Crippen LogP contribution in [-0.2, 0) is 10.2 Å². The van der Waals surface area contributed by atoms with Crippen LogP contribution in [0.4, 0.5) is 0 Å². The topological polar surface area (TPSA) is 81.1 Å². The number of nitrogens with zero attached hydrogens (tertiary/aromatic N) is 2. The van der Waals surface area contributed by atoms with Crippen molar-refractivity contribution in [2.45, 2.75) is 19.8 Å². The summed E-state index contributed by atoms with van der Waals surface area (Å²) in [5.41, 5.74) is 0. The third kappa shape index (κ3) is 4.75. The van der Waals surface area contributed by atoms with Crippen LogP contribution in [0.1, 0.15) is 19.8 Å². The van der Waals surface area contributed by atoms with Gasteiger partial charge in [0.15, 0.2) is 0 Å². The van der Waals surface area contributed by atoms with Crippen LogP contribution in [0.15, 0.2) is 0 Å². The number of rotatable bonds is 9. The molecule has 0 saturated carbocycles. The highest BCUT2D eigenvalue weighted by molar-refractivity contribution is 7.86. The third-order valence-electron chi connectivity index (χ3n) is 2.25. The van der Waals surface area contributed by atoms with E-state index in [1.54, 1.807) is 0 Å². The van der Waals surface area contributed by atoms with E-state index in [4.69, 9.17) is 10.2 Å². The Labute approximate surface area is 97.7 Å². The Kier molecular flexibility index (Phi) is 7.86. The lowest BCUT2D eigenvalue weighted by Crippen LogP contribution is -2.44. The van der Waals surface area contributed by atoms with Gasteiger partial charge in [-0.25, -0.2) is 0 Å². The fourth-order valence-corrected chi connectivity index (χ4v) is 2.64. The maximum Gasteiger partial charge on any atom is 0.281 e. The Morgan fingerprint density at radius 1 is 1.06 bits per heavy atom. The van der Waals surface area contributed by atoms with E-state index in [1.165, 1.54) is 11.4 Å². The molecule has 0 fully saturated rings. The van der Waals surface area contributed by atoms with E-state index < -0.39 is 10.2 Å². The van der Waals surface area contributed by atoms with Crippen molar-refractivity contribution in [1.82, 2.24) is 8.61 Å². The molecule has 98 valence electrons. The average molecular weight is 254 g/mol. The molecule has 2 N–H and O–H groups in total. The van der Waals surface area contributed by atoms with E-state index in [0.717, 1.165) is 17.1 Å². The van der Waals surface area contributed by atoms with E-state index in [1.807, 2.05) is 6.92 Å². The minimum atomic E-state index is -3.55. The second kappa shape index (κ2) is 7.97. The third-order valence-corrected chi connectivity index (χ3v) is 4.23. The van der Waals surface area contributed by atoms with Crippen LogP contribution in [0.2, 0.25) is 0 Å². The van der Waals surface area contributed by atoms with E-state index in [0.29, 0.717) is 6.54 Å². The summed E-state index contributed by atoms with van der Waals surface area (Å²) in [6.45, 7) is 1.96. The smallest absolute Gasteiger partial charge is 0.281 e. The number of hydrogen-bond acceptors (Lipinski definition) is 4. The molecule has 0 aliphatic carbocycles. The number of unbranched alkanes of at least 4 members (excludes halogenated alkanes) is 1. The van der Waals surface area contributed by atoms with Gasteiger partial charge in [0.25, 0.3) is 10.2 Å². The molecule has 0 spiro atoms. The molecule has 0 aromatic carbocycles. The molecule has 0 aromatic heterocycles. The van der Waals surface area contributed by atoms with Gasteiger partial charge in [0, 0.05) is 26.7 Å². The molecular weight excluding hydrogens is 232 g/mol. The first kappa shape index (κ1) is 15.8. The van der Waals surface area contributed by atoms with Gasteiger partial charge in [0.1, 0.15) is 0 Å². The van der Waals surface area contributed by atoms with Crippen molar-refractivity contribution >= 4 is 10.2 Å².